The van der Waals surface area contributed by atoms with Crippen molar-refractivity contribution in [1.29, 1.82) is 0 Å². The molecule has 0 radical (unpaired) electrons. The van der Waals surface area contributed by atoms with Gasteiger partial charge in [-0.2, -0.15) is 9.78 Å². The van der Waals surface area contributed by atoms with E-state index in [-0.39, 0.29) is 11.3 Å². The van der Waals surface area contributed by atoms with Crippen LogP contribution in [0.2, 0.25) is 0 Å². The van der Waals surface area contributed by atoms with Gasteiger partial charge < -0.3 is 9.73 Å². The third-order valence-corrected chi connectivity index (χ3v) is 4.95. The van der Waals surface area contributed by atoms with Gasteiger partial charge in [-0.05, 0) is 41.9 Å². The van der Waals surface area contributed by atoms with Crippen molar-refractivity contribution < 1.29 is 9.21 Å². The molecule has 0 fully saturated rings. The van der Waals surface area contributed by atoms with Crippen LogP contribution in [0.3, 0.4) is 0 Å². The van der Waals surface area contributed by atoms with Crippen LogP contribution >= 0.6 is 15.9 Å². The number of rotatable bonds is 3. The van der Waals surface area contributed by atoms with Gasteiger partial charge >= 0.3 is 0 Å². The van der Waals surface area contributed by atoms with Crippen molar-refractivity contribution >= 4 is 27.7 Å². The standard InChI is InChI=1S/C19H21BrN4O2/c1-11-16(17(20)12(2)26-11)18(25)22-15-10-13(19(3,4)5)23-24(15)14-8-6-7-9-21-14/h6-10H,1-5H3,(H,22,25). The molecule has 0 aliphatic heterocycles. The minimum atomic E-state index is -0.260. The summed E-state index contributed by atoms with van der Waals surface area (Å²) in [6.07, 6.45) is 1.69. The van der Waals surface area contributed by atoms with E-state index in [1.54, 1.807) is 17.8 Å². The molecular weight excluding hydrogens is 396 g/mol. The molecule has 3 aromatic rings. The zero-order valence-corrected chi connectivity index (χ0v) is 17.0. The minimum Gasteiger partial charge on any atom is -0.465 e. The van der Waals surface area contributed by atoms with Crippen LogP contribution in [0.1, 0.15) is 48.3 Å². The fourth-order valence-electron chi connectivity index (χ4n) is 2.58. The van der Waals surface area contributed by atoms with Crippen molar-refractivity contribution in [1.82, 2.24) is 14.8 Å². The number of nitrogens with one attached hydrogen (secondary N) is 1. The fraction of sp³-hybridized carbons (Fsp3) is 0.316. The van der Waals surface area contributed by atoms with Crippen LogP contribution < -0.4 is 5.32 Å². The van der Waals surface area contributed by atoms with Gasteiger partial charge in [0.2, 0.25) is 0 Å². The molecule has 136 valence electrons. The molecule has 0 saturated heterocycles. The summed E-state index contributed by atoms with van der Waals surface area (Å²) < 4.78 is 7.84. The highest BCUT2D eigenvalue weighted by molar-refractivity contribution is 9.10. The first kappa shape index (κ1) is 18.4. The molecule has 3 heterocycles. The molecule has 3 aromatic heterocycles. The highest BCUT2D eigenvalue weighted by Crippen LogP contribution is 2.30. The molecule has 0 aliphatic carbocycles. The molecule has 0 bridgehead atoms. The Bertz CT molecular complexity index is 952. The summed E-state index contributed by atoms with van der Waals surface area (Å²) in [6, 6.07) is 7.44. The predicted octanol–water partition coefficient (Wildman–Crippen LogP) is 4.79. The topological polar surface area (TPSA) is 73.0 Å². The summed E-state index contributed by atoms with van der Waals surface area (Å²) in [4.78, 5) is 17.2. The molecule has 26 heavy (non-hydrogen) atoms. The monoisotopic (exact) mass is 416 g/mol. The molecule has 7 heteroatoms. The Morgan fingerprint density at radius 3 is 2.50 bits per heavy atom. The Hall–Kier alpha value is -2.41. The second kappa shape index (κ2) is 6.72. The van der Waals surface area contributed by atoms with Gasteiger partial charge in [0.1, 0.15) is 17.3 Å². The molecular formula is C19H21BrN4O2. The van der Waals surface area contributed by atoms with E-state index in [1.165, 1.54) is 0 Å². The molecule has 1 N–H and O–H groups in total. The summed E-state index contributed by atoms with van der Waals surface area (Å²) in [7, 11) is 0. The Labute approximate surface area is 160 Å². The lowest BCUT2D eigenvalue weighted by Gasteiger charge is -2.13. The largest absolute Gasteiger partial charge is 0.465 e. The SMILES string of the molecule is Cc1oc(C)c(C(=O)Nc2cc(C(C)(C)C)nn2-c2ccccn2)c1Br. The number of halogens is 1. The van der Waals surface area contributed by atoms with Gasteiger partial charge in [-0.1, -0.05) is 26.8 Å². The number of anilines is 1. The van der Waals surface area contributed by atoms with Crippen molar-refractivity contribution in [3.63, 3.8) is 0 Å². The van der Waals surface area contributed by atoms with E-state index in [1.807, 2.05) is 31.2 Å². The average Bonchev–Trinajstić information content (AvgIpc) is 3.09. The predicted molar refractivity (Wildman–Crippen MR) is 104 cm³/mol. The van der Waals surface area contributed by atoms with Gasteiger partial charge in [-0.15, -0.1) is 0 Å². The van der Waals surface area contributed by atoms with Crippen LogP contribution in [0.5, 0.6) is 0 Å². The lowest BCUT2D eigenvalue weighted by molar-refractivity contribution is 0.102. The lowest BCUT2D eigenvalue weighted by Crippen LogP contribution is -2.16. The summed E-state index contributed by atoms with van der Waals surface area (Å²) in [5, 5.41) is 7.60. The van der Waals surface area contributed by atoms with E-state index < -0.39 is 0 Å². The quantitative estimate of drug-likeness (QED) is 0.665. The third kappa shape index (κ3) is 3.44. The smallest absolute Gasteiger partial charge is 0.261 e. The molecule has 0 atom stereocenters. The van der Waals surface area contributed by atoms with Crippen LogP contribution in [0, 0.1) is 13.8 Å². The fourth-order valence-corrected chi connectivity index (χ4v) is 3.12. The van der Waals surface area contributed by atoms with E-state index in [2.05, 4.69) is 52.1 Å². The number of aromatic nitrogens is 3. The summed E-state index contributed by atoms with van der Waals surface area (Å²) in [5.41, 5.74) is 1.17. The van der Waals surface area contributed by atoms with E-state index in [0.717, 1.165) is 5.69 Å². The van der Waals surface area contributed by atoms with E-state index >= 15 is 0 Å². The molecule has 0 aromatic carbocycles. The zero-order valence-electron chi connectivity index (χ0n) is 15.4. The van der Waals surface area contributed by atoms with Gasteiger partial charge in [0.05, 0.1) is 15.7 Å². The number of carbonyl (C=O) groups excluding carboxylic acids is 1. The van der Waals surface area contributed by atoms with Gasteiger partial charge in [-0.3, -0.25) is 4.79 Å². The number of hydrogen-bond acceptors (Lipinski definition) is 4. The number of hydrogen-bond donors (Lipinski definition) is 1. The van der Waals surface area contributed by atoms with Gasteiger partial charge in [-0.25, -0.2) is 4.98 Å². The highest BCUT2D eigenvalue weighted by atomic mass is 79.9. The van der Waals surface area contributed by atoms with Crippen LogP contribution in [-0.2, 0) is 5.41 Å². The molecule has 0 aliphatic rings. The number of furan rings is 1. The van der Waals surface area contributed by atoms with Crippen molar-refractivity contribution in [3.05, 3.63) is 57.7 Å². The summed E-state index contributed by atoms with van der Waals surface area (Å²) >= 11 is 3.43. The third-order valence-electron chi connectivity index (χ3n) is 4.00. The maximum atomic E-state index is 12.8. The van der Waals surface area contributed by atoms with Gasteiger partial charge in [0.15, 0.2) is 5.82 Å². The molecule has 0 spiro atoms. The van der Waals surface area contributed by atoms with E-state index in [9.17, 15) is 4.79 Å². The van der Waals surface area contributed by atoms with Gasteiger partial charge in [0.25, 0.3) is 5.91 Å². The summed E-state index contributed by atoms with van der Waals surface area (Å²) in [5.74, 6) is 2.16. The number of amides is 1. The molecule has 3 rings (SSSR count). The Kier molecular flexibility index (Phi) is 4.75. The zero-order chi connectivity index (χ0) is 19.1. The summed E-state index contributed by atoms with van der Waals surface area (Å²) in [6.45, 7) is 9.80. The number of nitrogens with zero attached hydrogens (tertiary/aromatic N) is 3. The van der Waals surface area contributed by atoms with Crippen molar-refractivity contribution in [2.24, 2.45) is 0 Å². The van der Waals surface area contributed by atoms with Crippen LogP contribution in [-0.4, -0.2) is 20.7 Å². The normalized spacial score (nSPS) is 11.6. The van der Waals surface area contributed by atoms with Crippen molar-refractivity contribution in [2.45, 2.75) is 40.0 Å². The van der Waals surface area contributed by atoms with E-state index in [0.29, 0.717) is 33.2 Å². The van der Waals surface area contributed by atoms with Crippen LogP contribution in [0.25, 0.3) is 5.82 Å². The molecule has 1 amide bonds. The Morgan fingerprint density at radius 1 is 1.23 bits per heavy atom. The van der Waals surface area contributed by atoms with Crippen LogP contribution in [0.4, 0.5) is 5.82 Å². The molecule has 0 saturated carbocycles. The molecule has 6 nitrogen and oxygen atoms in total. The lowest BCUT2D eigenvalue weighted by atomic mass is 9.92. The van der Waals surface area contributed by atoms with Crippen molar-refractivity contribution in [3.8, 4) is 5.82 Å². The number of carbonyl (C=O) groups is 1. The van der Waals surface area contributed by atoms with Crippen LogP contribution in [0.15, 0.2) is 39.4 Å². The minimum absolute atomic E-state index is 0.164. The highest BCUT2D eigenvalue weighted by Gasteiger charge is 2.24. The first-order valence-electron chi connectivity index (χ1n) is 8.27. The number of pyridine rings is 1. The van der Waals surface area contributed by atoms with Crippen molar-refractivity contribution in [2.75, 3.05) is 5.32 Å². The average molecular weight is 417 g/mol. The first-order valence-corrected chi connectivity index (χ1v) is 9.06. The van der Waals surface area contributed by atoms with Gasteiger partial charge in [0, 0.05) is 17.7 Å². The second-order valence-electron chi connectivity index (χ2n) is 7.12. The molecule has 0 unspecified atom stereocenters. The first-order chi connectivity index (χ1) is 12.2. The Morgan fingerprint density at radius 2 is 1.96 bits per heavy atom. The maximum absolute atomic E-state index is 12.8. The van der Waals surface area contributed by atoms with E-state index in [4.69, 9.17) is 4.42 Å². The maximum Gasteiger partial charge on any atom is 0.261 e. The number of aryl methyl sites for hydroxylation is 2. The second-order valence-corrected chi connectivity index (χ2v) is 7.92. The Balaban J connectivity index is 2.04.